The van der Waals surface area contributed by atoms with Gasteiger partial charge < -0.3 is 5.32 Å². The average Bonchev–Trinajstić information content (AvgIpc) is 2.36. The Balaban J connectivity index is 2.18. The summed E-state index contributed by atoms with van der Waals surface area (Å²) >= 11 is 4.71. The minimum atomic E-state index is 0.318. The summed E-state index contributed by atoms with van der Waals surface area (Å²) in [6.45, 7) is 4.35. The maximum absolute atomic E-state index is 3.58. The highest BCUT2D eigenvalue weighted by Gasteiger charge is 2.07. The summed E-state index contributed by atoms with van der Waals surface area (Å²) in [4.78, 5) is 0. The van der Waals surface area contributed by atoms with Crippen molar-refractivity contribution in [1.82, 2.24) is 0 Å². The van der Waals surface area contributed by atoms with E-state index in [-0.39, 0.29) is 0 Å². The summed E-state index contributed by atoms with van der Waals surface area (Å²) in [5.74, 6) is 0. The monoisotopic (exact) mass is 463 g/mol. The van der Waals surface area contributed by atoms with Crippen LogP contribution in [0.2, 0.25) is 0 Å². The first-order valence-corrected chi connectivity index (χ1v) is 8.01. The first-order valence-electron chi connectivity index (χ1n) is 5.85. The third-order valence-electron chi connectivity index (χ3n) is 3.01. The summed E-state index contributed by atoms with van der Waals surface area (Å²) in [5, 5.41) is 3.58. The van der Waals surface area contributed by atoms with Crippen LogP contribution in [0.3, 0.4) is 0 Å². The number of hydrogen-bond donors (Lipinski definition) is 1. The van der Waals surface area contributed by atoms with Gasteiger partial charge in [-0.15, -0.1) is 0 Å². The van der Waals surface area contributed by atoms with Crippen LogP contribution in [0.5, 0.6) is 0 Å². The quantitative estimate of drug-likeness (QED) is 0.604. The van der Waals surface area contributed by atoms with E-state index in [0.717, 1.165) is 0 Å². The maximum atomic E-state index is 3.58. The minimum Gasteiger partial charge on any atom is -0.378 e. The SMILES string of the molecule is Cc1c(I)cccc1NC(C)c1ccc(I)cc1. The summed E-state index contributed by atoms with van der Waals surface area (Å²) in [7, 11) is 0. The molecule has 0 spiro atoms. The van der Waals surface area contributed by atoms with Crippen LogP contribution in [-0.4, -0.2) is 0 Å². The molecule has 18 heavy (non-hydrogen) atoms. The predicted molar refractivity (Wildman–Crippen MR) is 95.1 cm³/mol. The van der Waals surface area contributed by atoms with E-state index in [9.17, 15) is 0 Å². The van der Waals surface area contributed by atoms with Crippen molar-refractivity contribution in [2.75, 3.05) is 5.32 Å². The summed E-state index contributed by atoms with van der Waals surface area (Å²) in [5.41, 5.74) is 3.84. The second kappa shape index (κ2) is 6.23. The number of anilines is 1. The van der Waals surface area contributed by atoms with Gasteiger partial charge in [0.2, 0.25) is 0 Å². The van der Waals surface area contributed by atoms with Crippen molar-refractivity contribution in [2.45, 2.75) is 19.9 Å². The summed E-state index contributed by atoms with van der Waals surface area (Å²) in [6, 6.07) is 15.4. The highest BCUT2D eigenvalue weighted by atomic mass is 127. The third kappa shape index (κ3) is 3.38. The Bertz CT molecular complexity index is 535. The molecule has 2 aromatic rings. The van der Waals surface area contributed by atoms with Crippen molar-refractivity contribution in [3.8, 4) is 0 Å². The first-order chi connectivity index (χ1) is 8.58. The van der Waals surface area contributed by atoms with Gasteiger partial charge in [0.15, 0.2) is 0 Å². The standard InChI is InChI=1S/C15H15I2N/c1-10-14(17)4-3-5-15(10)18-11(2)12-6-8-13(16)9-7-12/h3-9,11,18H,1-2H3. The van der Waals surface area contributed by atoms with Gasteiger partial charge in [-0.05, 0) is 94.4 Å². The second-order valence-corrected chi connectivity index (χ2v) is 6.74. The Kier molecular flexibility index (Phi) is 4.89. The van der Waals surface area contributed by atoms with Crippen LogP contribution < -0.4 is 5.32 Å². The fourth-order valence-electron chi connectivity index (χ4n) is 1.83. The van der Waals surface area contributed by atoms with Gasteiger partial charge in [0, 0.05) is 18.9 Å². The van der Waals surface area contributed by atoms with Crippen LogP contribution in [0.25, 0.3) is 0 Å². The number of benzene rings is 2. The Morgan fingerprint density at radius 1 is 1.00 bits per heavy atom. The van der Waals surface area contributed by atoms with Gasteiger partial charge in [0.05, 0.1) is 0 Å². The molecule has 0 saturated heterocycles. The smallest absolute Gasteiger partial charge is 0.0485 e. The Labute approximate surface area is 136 Å². The molecule has 0 heterocycles. The molecule has 0 aliphatic heterocycles. The molecule has 1 N–H and O–H groups in total. The molecular formula is C15H15I2N. The largest absolute Gasteiger partial charge is 0.378 e. The van der Waals surface area contributed by atoms with Gasteiger partial charge in [0.1, 0.15) is 0 Å². The molecule has 0 bridgehead atoms. The molecule has 1 unspecified atom stereocenters. The molecule has 1 atom stereocenters. The zero-order valence-corrected chi connectivity index (χ0v) is 14.7. The van der Waals surface area contributed by atoms with E-state index in [1.54, 1.807) is 0 Å². The molecule has 2 aromatic carbocycles. The van der Waals surface area contributed by atoms with Gasteiger partial charge >= 0.3 is 0 Å². The van der Waals surface area contributed by atoms with E-state index >= 15 is 0 Å². The first kappa shape index (κ1) is 14.1. The van der Waals surface area contributed by atoms with Gasteiger partial charge in [-0.3, -0.25) is 0 Å². The van der Waals surface area contributed by atoms with Gasteiger partial charge in [0.25, 0.3) is 0 Å². The Morgan fingerprint density at radius 2 is 1.67 bits per heavy atom. The van der Waals surface area contributed by atoms with Crippen molar-refractivity contribution in [1.29, 1.82) is 0 Å². The molecule has 0 amide bonds. The highest BCUT2D eigenvalue weighted by molar-refractivity contribution is 14.1. The van der Waals surface area contributed by atoms with Crippen LogP contribution in [0.1, 0.15) is 24.1 Å². The molecule has 0 saturated carbocycles. The van der Waals surface area contributed by atoms with E-state index in [2.05, 4.69) is 107 Å². The second-order valence-electron chi connectivity index (χ2n) is 4.33. The fourth-order valence-corrected chi connectivity index (χ4v) is 2.69. The zero-order chi connectivity index (χ0) is 13.1. The summed E-state index contributed by atoms with van der Waals surface area (Å²) < 4.78 is 2.57. The van der Waals surface area contributed by atoms with Crippen LogP contribution >= 0.6 is 45.2 Å². The topological polar surface area (TPSA) is 12.0 Å². The molecule has 1 nitrogen and oxygen atoms in total. The lowest BCUT2D eigenvalue weighted by atomic mass is 10.1. The average molecular weight is 463 g/mol. The molecule has 0 aliphatic rings. The van der Waals surface area contributed by atoms with Crippen molar-refractivity contribution in [2.24, 2.45) is 0 Å². The third-order valence-corrected chi connectivity index (χ3v) is 4.90. The molecule has 94 valence electrons. The lowest BCUT2D eigenvalue weighted by Gasteiger charge is -2.18. The molecule has 3 heteroatoms. The normalized spacial score (nSPS) is 12.2. The Morgan fingerprint density at radius 3 is 2.33 bits per heavy atom. The van der Waals surface area contributed by atoms with Gasteiger partial charge in [-0.1, -0.05) is 18.2 Å². The van der Waals surface area contributed by atoms with Crippen molar-refractivity contribution in [3.63, 3.8) is 0 Å². The predicted octanol–water partition coefficient (Wildman–Crippen LogP) is 5.38. The zero-order valence-electron chi connectivity index (χ0n) is 10.4. The van der Waals surface area contributed by atoms with Crippen LogP contribution in [0, 0.1) is 14.1 Å². The van der Waals surface area contributed by atoms with E-state index in [0.29, 0.717) is 6.04 Å². The summed E-state index contributed by atoms with van der Waals surface area (Å²) in [6.07, 6.45) is 0. The molecular weight excluding hydrogens is 448 g/mol. The number of hydrogen-bond acceptors (Lipinski definition) is 1. The molecule has 0 aliphatic carbocycles. The van der Waals surface area contributed by atoms with Crippen molar-refractivity contribution < 1.29 is 0 Å². The number of halogens is 2. The van der Waals surface area contributed by atoms with E-state index < -0.39 is 0 Å². The van der Waals surface area contributed by atoms with Crippen LogP contribution in [0.15, 0.2) is 42.5 Å². The molecule has 2 rings (SSSR count). The lowest BCUT2D eigenvalue weighted by molar-refractivity contribution is 0.882. The van der Waals surface area contributed by atoms with Crippen LogP contribution in [-0.2, 0) is 0 Å². The highest BCUT2D eigenvalue weighted by Crippen LogP contribution is 2.25. The van der Waals surface area contributed by atoms with E-state index in [1.165, 1.54) is 24.0 Å². The van der Waals surface area contributed by atoms with Gasteiger partial charge in [-0.2, -0.15) is 0 Å². The molecule has 0 aromatic heterocycles. The molecule has 0 radical (unpaired) electrons. The fraction of sp³-hybridized carbons (Fsp3) is 0.200. The maximum Gasteiger partial charge on any atom is 0.0485 e. The van der Waals surface area contributed by atoms with E-state index in [1.807, 2.05) is 0 Å². The van der Waals surface area contributed by atoms with Gasteiger partial charge in [-0.25, -0.2) is 0 Å². The van der Waals surface area contributed by atoms with Crippen LogP contribution in [0.4, 0.5) is 5.69 Å². The lowest BCUT2D eigenvalue weighted by Crippen LogP contribution is -2.08. The van der Waals surface area contributed by atoms with Crippen molar-refractivity contribution >= 4 is 50.9 Å². The minimum absolute atomic E-state index is 0.318. The number of rotatable bonds is 3. The molecule has 0 fully saturated rings. The van der Waals surface area contributed by atoms with Crippen molar-refractivity contribution in [3.05, 3.63) is 60.7 Å². The van der Waals surface area contributed by atoms with E-state index in [4.69, 9.17) is 0 Å². The Hall–Kier alpha value is -0.300. The number of nitrogens with one attached hydrogen (secondary N) is 1.